The Morgan fingerprint density at radius 3 is 2.70 bits per heavy atom. The van der Waals surface area contributed by atoms with Crippen molar-refractivity contribution in [1.29, 1.82) is 0 Å². The third-order valence-corrected chi connectivity index (χ3v) is 5.62. The van der Waals surface area contributed by atoms with E-state index >= 15 is 0 Å². The smallest absolute Gasteiger partial charge is 0.251 e. The highest BCUT2D eigenvalue weighted by molar-refractivity contribution is 7.99. The van der Waals surface area contributed by atoms with Gasteiger partial charge >= 0.3 is 0 Å². The summed E-state index contributed by atoms with van der Waals surface area (Å²) in [5.41, 5.74) is 1.44. The van der Waals surface area contributed by atoms with Gasteiger partial charge in [-0.25, -0.2) is 14.6 Å². The Hall–Kier alpha value is -2.65. The molecule has 1 aromatic carbocycles. The molecule has 3 heterocycles. The van der Waals surface area contributed by atoms with Gasteiger partial charge in [-0.3, -0.25) is 4.79 Å². The molecule has 1 N–H and O–H groups in total. The molecule has 0 bridgehead atoms. The highest BCUT2D eigenvalue weighted by atomic mass is 32.2. The number of rotatable bonds is 7. The van der Waals surface area contributed by atoms with Gasteiger partial charge in [-0.2, -0.15) is 5.10 Å². The van der Waals surface area contributed by atoms with Gasteiger partial charge in [0.15, 0.2) is 10.8 Å². The Morgan fingerprint density at radius 2 is 1.97 bits per heavy atom. The fourth-order valence-corrected chi connectivity index (χ4v) is 4.03. The van der Waals surface area contributed by atoms with Crippen LogP contribution in [0.5, 0.6) is 0 Å². The van der Waals surface area contributed by atoms with E-state index in [0.717, 1.165) is 35.1 Å². The number of carbonyl (C=O) groups excluding carboxylic acids is 1. The zero-order valence-corrected chi connectivity index (χ0v) is 18.1. The first-order chi connectivity index (χ1) is 14.6. The largest absolute Gasteiger partial charge is 0.378 e. The number of anilines is 1. The van der Waals surface area contributed by atoms with Crippen LogP contribution in [0.3, 0.4) is 0 Å². The topological polar surface area (TPSA) is 85.2 Å². The first kappa shape index (κ1) is 20.6. The Balaban J connectivity index is 1.55. The molecule has 158 valence electrons. The van der Waals surface area contributed by atoms with Gasteiger partial charge in [-0.1, -0.05) is 43.8 Å². The number of nitrogens with zero attached hydrogens (tertiary/aromatic N) is 5. The van der Waals surface area contributed by atoms with Crippen molar-refractivity contribution >= 4 is 34.5 Å². The fraction of sp³-hybridized carbons (Fsp3) is 0.429. The van der Waals surface area contributed by atoms with Crippen LogP contribution in [0.4, 0.5) is 5.82 Å². The number of morpholine rings is 1. The van der Waals surface area contributed by atoms with Crippen LogP contribution in [0.25, 0.3) is 11.0 Å². The van der Waals surface area contributed by atoms with Gasteiger partial charge in [0.25, 0.3) is 5.91 Å². The lowest BCUT2D eigenvalue weighted by Gasteiger charge is -2.28. The van der Waals surface area contributed by atoms with Gasteiger partial charge in [0.1, 0.15) is 5.82 Å². The Bertz CT molecular complexity index is 1000. The van der Waals surface area contributed by atoms with Crippen LogP contribution in [0, 0.1) is 0 Å². The maximum absolute atomic E-state index is 12.3. The second-order valence-electron chi connectivity index (χ2n) is 7.32. The highest BCUT2D eigenvalue weighted by Crippen LogP contribution is 2.29. The second-order valence-corrected chi connectivity index (χ2v) is 8.87. The van der Waals surface area contributed by atoms with E-state index in [-0.39, 0.29) is 5.91 Å². The van der Waals surface area contributed by atoms with Gasteiger partial charge < -0.3 is 15.0 Å². The molecule has 30 heavy (non-hydrogen) atoms. The first-order valence-electron chi connectivity index (χ1n) is 10.2. The molecule has 1 amide bonds. The van der Waals surface area contributed by atoms with E-state index in [0.29, 0.717) is 37.1 Å². The molecule has 1 aliphatic rings. The monoisotopic (exact) mass is 426 g/mol. The third-order valence-electron chi connectivity index (χ3n) is 4.75. The number of benzene rings is 1. The van der Waals surface area contributed by atoms with Gasteiger partial charge in [0.2, 0.25) is 0 Å². The molecule has 4 rings (SSSR count). The number of nitrogens with one attached hydrogen (secondary N) is 1. The molecule has 3 aromatic rings. The van der Waals surface area contributed by atoms with E-state index in [2.05, 4.69) is 29.2 Å². The van der Waals surface area contributed by atoms with Gasteiger partial charge in [-0.05, 0) is 12.1 Å². The fourth-order valence-electron chi connectivity index (χ4n) is 3.33. The maximum Gasteiger partial charge on any atom is 0.251 e. The number of thioether (sulfide) groups is 1. The third kappa shape index (κ3) is 4.73. The predicted octanol–water partition coefficient (Wildman–Crippen LogP) is 2.59. The van der Waals surface area contributed by atoms with E-state index < -0.39 is 0 Å². The standard InChI is InChI=1S/C21H26N6O2S/c1-15(2)30-21-24-18(26-10-12-29-13-11-26)17-14-23-27(19(17)25-21)9-8-22-20(28)16-6-4-3-5-7-16/h3-7,14-15H,8-13H2,1-2H3,(H,22,28). The summed E-state index contributed by atoms with van der Waals surface area (Å²) in [6.45, 7) is 8.25. The van der Waals surface area contributed by atoms with E-state index in [4.69, 9.17) is 14.7 Å². The lowest BCUT2D eigenvalue weighted by atomic mass is 10.2. The summed E-state index contributed by atoms with van der Waals surface area (Å²) in [5, 5.41) is 9.54. The molecule has 1 aliphatic heterocycles. The van der Waals surface area contributed by atoms with Crippen molar-refractivity contribution in [2.75, 3.05) is 37.7 Å². The van der Waals surface area contributed by atoms with Gasteiger partial charge in [-0.15, -0.1) is 0 Å². The first-order valence-corrected chi connectivity index (χ1v) is 11.1. The van der Waals surface area contributed by atoms with Crippen LogP contribution in [0.1, 0.15) is 24.2 Å². The van der Waals surface area contributed by atoms with Crippen LogP contribution >= 0.6 is 11.8 Å². The minimum atomic E-state index is -0.0910. The van der Waals surface area contributed by atoms with E-state index in [1.165, 1.54) is 0 Å². The molecule has 0 spiro atoms. The highest BCUT2D eigenvalue weighted by Gasteiger charge is 2.20. The number of ether oxygens (including phenoxy) is 1. The molecular formula is C21H26N6O2S. The number of fused-ring (bicyclic) bond motifs is 1. The minimum Gasteiger partial charge on any atom is -0.378 e. The number of carbonyl (C=O) groups is 1. The molecule has 0 aliphatic carbocycles. The van der Waals surface area contributed by atoms with Crippen LogP contribution < -0.4 is 10.2 Å². The average molecular weight is 427 g/mol. The SMILES string of the molecule is CC(C)Sc1nc(N2CCOCC2)c2cnn(CCNC(=O)c3ccccc3)c2n1. The number of amides is 1. The minimum absolute atomic E-state index is 0.0910. The summed E-state index contributed by atoms with van der Waals surface area (Å²) < 4.78 is 7.34. The maximum atomic E-state index is 12.3. The molecule has 2 aromatic heterocycles. The molecule has 0 unspecified atom stereocenters. The molecular weight excluding hydrogens is 400 g/mol. The summed E-state index contributed by atoms with van der Waals surface area (Å²) in [6, 6.07) is 9.21. The number of hydrogen-bond acceptors (Lipinski definition) is 7. The van der Waals surface area contributed by atoms with Crippen LogP contribution in [-0.2, 0) is 11.3 Å². The van der Waals surface area contributed by atoms with Crippen molar-refractivity contribution in [3.63, 3.8) is 0 Å². The summed E-state index contributed by atoms with van der Waals surface area (Å²) in [7, 11) is 0. The summed E-state index contributed by atoms with van der Waals surface area (Å²) in [5.74, 6) is 0.817. The van der Waals surface area contributed by atoms with Crippen LogP contribution in [0.2, 0.25) is 0 Å². The van der Waals surface area contributed by atoms with E-state index in [1.807, 2.05) is 29.1 Å². The summed E-state index contributed by atoms with van der Waals surface area (Å²) >= 11 is 1.64. The van der Waals surface area contributed by atoms with Crippen LogP contribution in [0.15, 0.2) is 41.7 Å². The Morgan fingerprint density at radius 1 is 1.20 bits per heavy atom. The zero-order valence-electron chi connectivity index (χ0n) is 17.2. The van der Waals surface area contributed by atoms with Crippen molar-refractivity contribution in [3.05, 3.63) is 42.1 Å². The normalized spacial score (nSPS) is 14.4. The average Bonchev–Trinajstić information content (AvgIpc) is 3.17. The molecule has 1 fully saturated rings. The van der Waals surface area contributed by atoms with E-state index in [9.17, 15) is 4.79 Å². The number of hydrogen-bond donors (Lipinski definition) is 1. The molecule has 0 saturated carbocycles. The van der Waals surface area contributed by atoms with Crippen LogP contribution in [-0.4, -0.2) is 63.8 Å². The van der Waals surface area contributed by atoms with Crippen molar-refractivity contribution in [3.8, 4) is 0 Å². The molecule has 0 radical (unpaired) electrons. The van der Waals surface area contributed by atoms with Gasteiger partial charge in [0, 0.05) is 30.4 Å². The predicted molar refractivity (Wildman–Crippen MR) is 118 cm³/mol. The van der Waals surface area contributed by atoms with Crippen molar-refractivity contribution in [2.24, 2.45) is 0 Å². The molecule has 1 saturated heterocycles. The molecule has 9 heteroatoms. The van der Waals surface area contributed by atoms with Crippen molar-refractivity contribution < 1.29 is 9.53 Å². The van der Waals surface area contributed by atoms with Gasteiger partial charge in [0.05, 0.1) is 31.3 Å². The van der Waals surface area contributed by atoms with Crippen molar-refractivity contribution in [1.82, 2.24) is 25.1 Å². The lowest BCUT2D eigenvalue weighted by molar-refractivity contribution is 0.0952. The van der Waals surface area contributed by atoms with Crippen molar-refractivity contribution in [2.45, 2.75) is 30.8 Å². The molecule has 8 nitrogen and oxygen atoms in total. The second kappa shape index (κ2) is 9.44. The lowest BCUT2D eigenvalue weighted by Crippen LogP contribution is -2.37. The Kier molecular flexibility index (Phi) is 6.49. The quantitative estimate of drug-likeness (QED) is 0.459. The molecule has 0 atom stereocenters. The summed E-state index contributed by atoms with van der Waals surface area (Å²) in [4.78, 5) is 24.1. The van der Waals surface area contributed by atoms with E-state index in [1.54, 1.807) is 23.9 Å². The Labute approximate surface area is 180 Å². The zero-order chi connectivity index (χ0) is 20.9. The number of aromatic nitrogens is 4. The summed E-state index contributed by atoms with van der Waals surface area (Å²) in [6.07, 6.45) is 1.82.